The monoisotopic (exact) mass is 448 g/mol. The summed E-state index contributed by atoms with van der Waals surface area (Å²) in [7, 11) is 0. The molecule has 2 aliphatic rings. The summed E-state index contributed by atoms with van der Waals surface area (Å²) in [5.74, 6) is -0.231. The number of anilines is 2. The van der Waals surface area contributed by atoms with Crippen molar-refractivity contribution in [2.24, 2.45) is 10.2 Å². The summed E-state index contributed by atoms with van der Waals surface area (Å²) in [4.78, 5) is 25.9. The molecule has 2 heterocycles. The molecule has 9 heteroatoms. The first-order valence-corrected chi connectivity index (χ1v) is 9.67. The summed E-state index contributed by atoms with van der Waals surface area (Å²) >= 11 is 10.8. The number of hydrogen-bond donors (Lipinski definition) is 1. The molecule has 0 atom stereocenters. The Balaban J connectivity index is 1.74. The molecule has 4 rings (SSSR count). The van der Waals surface area contributed by atoms with Gasteiger partial charge in [-0.2, -0.15) is 0 Å². The molecular weight excluding hydrogens is 440 g/mol. The predicted molar refractivity (Wildman–Crippen MR) is 108 cm³/mol. The van der Waals surface area contributed by atoms with E-state index >= 15 is 0 Å². The lowest BCUT2D eigenvalue weighted by Crippen LogP contribution is -2.29. The number of benzene rings is 2. The van der Waals surface area contributed by atoms with Crippen LogP contribution in [0.1, 0.15) is 5.56 Å². The van der Waals surface area contributed by atoms with Gasteiger partial charge in [0.25, 0.3) is 5.91 Å². The molecule has 6 nitrogen and oxygen atoms in total. The van der Waals surface area contributed by atoms with Crippen LogP contribution in [-0.2, 0) is 9.59 Å². The lowest BCUT2D eigenvalue weighted by atomic mass is 10.1. The molecule has 0 aliphatic carbocycles. The fourth-order valence-electron chi connectivity index (χ4n) is 2.62. The summed E-state index contributed by atoms with van der Waals surface area (Å²) < 4.78 is 0.830. The molecule has 0 spiro atoms. The Hall–Kier alpha value is -2.16. The minimum absolute atomic E-state index is 0.138. The molecule has 0 unspecified atom stereocenters. The zero-order valence-corrected chi connectivity index (χ0v) is 16.2. The van der Waals surface area contributed by atoms with E-state index in [9.17, 15) is 9.59 Å². The van der Waals surface area contributed by atoms with Gasteiger partial charge in [0.05, 0.1) is 22.2 Å². The van der Waals surface area contributed by atoms with Crippen LogP contribution in [0.3, 0.4) is 0 Å². The maximum atomic E-state index is 12.3. The summed E-state index contributed by atoms with van der Waals surface area (Å²) in [6.07, 6.45) is 0. The van der Waals surface area contributed by atoms with Crippen molar-refractivity contribution in [3.8, 4) is 0 Å². The molecule has 0 bridgehead atoms. The summed E-state index contributed by atoms with van der Waals surface area (Å²) in [5, 5.41) is 11.9. The highest BCUT2D eigenvalue weighted by Gasteiger charge is 2.32. The second-order valence-corrected chi connectivity index (χ2v) is 7.71. The van der Waals surface area contributed by atoms with Gasteiger partial charge in [0.1, 0.15) is 0 Å². The molecule has 2 amide bonds. The number of amidine groups is 1. The first-order chi connectivity index (χ1) is 12.5. The molecule has 2 aliphatic heterocycles. The van der Waals surface area contributed by atoms with Gasteiger partial charge in [-0.3, -0.25) is 14.5 Å². The highest BCUT2D eigenvalue weighted by Crippen LogP contribution is 2.32. The van der Waals surface area contributed by atoms with Crippen molar-refractivity contribution in [1.29, 1.82) is 0 Å². The van der Waals surface area contributed by atoms with Crippen LogP contribution < -0.4 is 10.2 Å². The quantitative estimate of drug-likeness (QED) is 0.707. The van der Waals surface area contributed by atoms with Gasteiger partial charge in [0, 0.05) is 10.0 Å². The number of halogens is 2. The largest absolute Gasteiger partial charge is 0.320 e. The third kappa shape index (κ3) is 3.04. The number of hydrogen-bond acceptors (Lipinski definition) is 5. The van der Waals surface area contributed by atoms with Crippen LogP contribution in [0.25, 0.3) is 0 Å². The number of amides is 2. The van der Waals surface area contributed by atoms with E-state index in [1.165, 1.54) is 16.7 Å². The Morgan fingerprint density at radius 2 is 1.96 bits per heavy atom. The lowest BCUT2D eigenvalue weighted by Gasteiger charge is -2.16. The topological polar surface area (TPSA) is 74.1 Å². The second-order valence-electron chi connectivity index (χ2n) is 5.44. The molecule has 0 aromatic heterocycles. The van der Waals surface area contributed by atoms with Gasteiger partial charge >= 0.3 is 0 Å². The van der Waals surface area contributed by atoms with Crippen LogP contribution in [0.2, 0.25) is 5.02 Å². The molecule has 130 valence electrons. The standard InChI is InChI=1S/C17H10BrClN4O2S/c18-9-5-6-12-10(7-9)15(16(25)20-12)21-22-17-23(14(24)8-26-17)13-4-2-1-3-11(13)19/h1-7H,8H2,(H,20,21,25). The number of carbonyl (C=O) groups is 2. The highest BCUT2D eigenvalue weighted by molar-refractivity contribution is 9.10. The fraction of sp³-hybridized carbons (Fsp3) is 0.0588. The normalized spacial score (nSPS) is 19.4. The van der Waals surface area contributed by atoms with Crippen molar-refractivity contribution in [2.45, 2.75) is 0 Å². The van der Waals surface area contributed by atoms with Crippen LogP contribution in [0.15, 0.2) is 57.1 Å². The van der Waals surface area contributed by atoms with Crippen LogP contribution in [0, 0.1) is 0 Å². The Kier molecular flexibility index (Phi) is 4.56. The average Bonchev–Trinajstić information content (AvgIpc) is 3.13. The second kappa shape index (κ2) is 6.86. The van der Waals surface area contributed by atoms with Crippen LogP contribution >= 0.6 is 39.3 Å². The number of carbonyl (C=O) groups excluding carboxylic acids is 2. The average molecular weight is 450 g/mol. The number of nitrogens with one attached hydrogen (secondary N) is 1. The lowest BCUT2D eigenvalue weighted by molar-refractivity contribution is -0.115. The number of thioether (sulfide) groups is 1. The minimum Gasteiger partial charge on any atom is -0.320 e. The maximum Gasteiger partial charge on any atom is 0.276 e. The van der Waals surface area contributed by atoms with E-state index < -0.39 is 0 Å². The van der Waals surface area contributed by atoms with E-state index in [2.05, 4.69) is 31.4 Å². The van der Waals surface area contributed by atoms with E-state index in [1.54, 1.807) is 36.4 Å². The summed E-state index contributed by atoms with van der Waals surface area (Å²) in [6.45, 7) is 0. The highest BCUT2D eigenvalue weighted by atomic mass is 79.9. The van der Waals surface area contributed by atoms with Gasteiger partial charge in [-0.15, -0.1) is 10.2 Å². The zero-order chi connectivity index (χ0) is 18.3. The zero-order valence-electron chi connectivity index (χ0n) is 13.1. The van der Waals surface area contributed by atoms with Crippen molar-refractivity contribution >= 4 is 73.4 Å². The van der Waals surface area contributed by atoms with Crippen molar-refractivity contribution < 1.29 is 9.59 Å². The Bertz CT molecular complexity index is 1010. The van der Waals surface area contributed by atoms with E-state index in [-0.39, 0.29) is 23.3 Å². The number of fused-ring (bicyclic) bond motifs is 1. The molecular formula is C17H10BrClN4O2S. The number of nitrogens with zero attached hydrogens (tertiary/aromatic N) is 3. The third-order valence-corrected chi connectivity index (χ3v) is 5.52. The minimum atomic E-state index is -0.332. The van der Waals surface area contributed by atoms with E-state index in [0.29, 0.717) is 27.1 Å². The summed E-state index contributed by atoms with van der Waals surface area (Å²) in [6, 6.07) is 12.4. The molecule has 1 saturated heterocycles. The number of rotatable bonds is 2. The molecule has 0 radical (unpaired) electrons. The fourth-order valence-corrected chi connectivity index (χ4v) is 4.01. The van der Waals surface area contributed by atoms with Gasteiger partial charge < -0.3 is 5.32 Å². The third-order valence-electron chi connectivity index (χ3n) is 3.79. The van der Waals surface area contributed by atoms with Gasteiger partial charge in [0.2, 0.25) is 5.91 Å². The van der Waals surface area contributed by atoms with Crippen molar-refractivity contribution in [2.75, 3.05) is 16.0 Å². The number of para-hydroxylation sites is 1. The molecule has 0 saturated carbocycles. The van der Waals surface area contributed by atoms with Crippen LogP contribution in [0.5, 0.6) is 0 Å². The first-order valence-electron chi connectivity index (χ1n) is 7.52. The van der Waals surface area contributed by atoms with E-state index in [4.69, 9.17) is 11.6 Å². The molecule has 1 N–H and O–H groups in total. The van der Waals surface area contributed by atoms with Gasteiger partial charge in [0.15, 0.2) is 10.9 Å². The molecule has 2 aromatic carbocycles. The SMILES string of the molecule is O=C1Nc2ccc(Br)cc2C1=NN=C1SCC(=O)N1c1ccccc1Cl. The van der Waals surface area contributed by atoms with Crippen molar-refractivity contribution in [1.82, 2.24) is 0 Å². The van der Waals surface area contributed by atoms with Crippen molar-refractivity contribution in [3.05, 3.63) is 57.5 Å². The maximum absolute atomic E-state index is 12.3. The van der Waals surface area contributed by atoms with Crippen molar-refractivity contribution in [3.63, 3.8) is 0 Å². The summed E-state index contributed by atoms with van der Waals surface area (Å²) in [5.41, 5.74) is 2.08. The van der Waals surface area contributed by atoms with E-state index in [0.717, 1.165) is 4.47 Å². The predicted octanol–water partition coefficient (Wildman–Crippen LogP) is 3.89. The van der Waals surface area contributed by atoms with Crippen LogP contribution in [-0.4, -0.2) is 28.4 Å². The van der Waals surface area contributed by atoms with Gasteiger partial charge in [-0.1, -0.05) is 51.4 Å². The van der Waals surface area contributed by atoms with Gasteiger partial charge in [-0.25, -0.2) is 0 Å². The van der Waals surface area contributed by atoms with Crippen LogP contribution in [0.4, 0.5) is 11.4 Å². The molecule has 2 aromatic rings. The smallest absolute Gasteiger partial charge is 0.276 e. The Labute approximate surface area is 166 Å². The van der Waals surface area contributed by atoms with E-state index in [1.807, 2.05) is 6.07 Å². The molecule has 26 heavy (non-hydrogen) atoms. The van der Waals surface area contributed by atoms with Gasteiger partial charge in [-0.05, 0) is 30.3 Å². The molecule has 1 fully saturated rings. The Morgan fingerprint density at radius 1 is 1.15 bits per heavy atom. The Morgan fingerprint density at radius 3 is 2.77 bits per heavy atom. The first kappa shape index (κ1) is 17.3.